The maximum Gasteiger partial charge on any atom is 0.256 e. The van der Waals surface area contributed by atoms with Crippen molar-refractivity contribution >= 4 is 17.6 Å². The first kappa shape index (κ1) is 12.6. The molecular formula is C15H18N4O3. The molecule has 0 aromatic carbocycles. The third-order valence-electron chi connectivity index (χ3n) is 5.39. The Bertz CT molecular complexity index is 653. The number of anilines is 1. The van der Waals surface area contributed by atoms with Crippen LogP contribution in [0.4, 0.5) is 5.82 Å². The Hall–Kier alpha value is -1.89. The molecule has 2 saturated heterocycles. The monoisotopic (exact) mass is 302 g/mol. The van der Waals surface area contributed by atoms with E-state index in [-0.39, 0.29) is 36.0 Å². The molecule has 2 aliphatic heterocycles. The summed E-state index contributed by atoms with van der Waals surface area (Å²) >= 11 is 0. The molecule has 2 amide bonds. The largest absolute Gasteiger partial charge is 0.374 e. The lowest BCUT2D eigenvalue weighted by Gasteiger charge is -2.17. The molecule has 1 aromatic rings. The highest BCUT2D eigenvalue weighted by atomic mass is 16.5. The highest BCUT2D eigenvalue weighted by Gasteiger charge is 2.64. The predicted molar refractivity (Wildman–Crippen MR) is 76.1 cm³/mol. The van der Waals surface area contributed by atoms with Crippen LogP contribution in [0.15, 0.2) is 6.20 Å². The molecule has 4 aliphatic rings. The van der Waals surface area contributed by atoms with Crippen molar-refractivity contribution < 1.29 is 14.3 Å². The van der Waals surface area contributed by atoms with Crippen LogP contribution in [0.3, 0.4) is 0 Å². The van der Waals surface area contributed by atoms with E-state index in [4.69, 9.17) is 4.74 Å². The average Bonchev–Trinajstić information content (AvgIpc) is 3.37. The number of hydrogen-bond donors (Lipinski definition) is 3. The molecule has 116 valence electrons. The summed E-state index contributed by atoms with van der Waals surface area (Å²) in [5.41, 5.74) is 0.397. The number of ether oxygens (including phenoxy) is 1. The van der Waals surface area contributed by atoms with Gasteiger partial charge in [-0.1, -0.05) is 0 Å². The molecule has 0 radical (unpaired) electrons. The van der Waals surface area contributed by atoms with Gasteiger partial charge in [0.1, 0.15) is 11.4 Å². The minimum Gasteiger partial charge on any atom is -0.374 e. The zero-order valence-corrected chi connectivity index (χ0v) is 12.0. The Morgan fingerprint density at radius 3 is 2.86 bits per heavy atom. The van der Waals surface area contributed by atoms with Gasteiger partial charge in [-0.25, -0.2) is 0 Å². The minimum atomic E-state index is -0.182. The SMILES string of the molecule is O=C(NC1CC1)c1cn[nH]c1NC(=O)[C@@H]1C[C@@H]2O[C@H]1[C@H]1C[C@H]12. The molecule has 2 aliphatic carbocycles. The normalized spacial score (nSPS) is 37.7. The van der Waals surface area contributed by atoms with Gasteiger partial charge in [0.2, 0.25) is 5.91 Å². The maximum absolute atomic E-state index is 12.5. The van der Waals surface area contributed by atoms with E-state index in [1.165, 1.54) is 12.6 Å². The third kappa shape index (κ3) is 1.88. The van der Waals surface area contributed by atoms with E-state index in [1.54, 1.807) is 0 Å². The van der Waals surface area contributed by atoms with Crippen LogP contribution >= 0.6 is 0 Å². The van der Waals surface area contributed by atoms with Crippen molar-refractivity contribution in [3.8, 4) is 0 Å². The van der Waals surface area contributed by atoms with E-state index in [1.807, 2.05) is 0 Å². The summed E-state index contributed by atoms with van der Waals surface area (Å²) in [4.78, 5) is 24.6. The van der Waals surface area contributed by atoms with Gasteiger partial charge in [-0.2, -0.15) is 5.10 Å². The second kappa shape index (κ2) is 4.32. The number of hydrogen-bond acceptors (Lipinski definition) is 4. The molecule has 2 bridgehead atoms. The number of fused-ring (bicyclic) bond motifs is 5. The fraction of sp³-hybridized carbons (Fsp3) is 0.667. The van der Waals surface area contributed by atoms with Gasteiger partial charge in [-0.3, -0.25) is 14.7 Å². The van der Waals surface area contributed by atoms with E-state index >= 15 is 0 Å². The molecule has 1 aromatic heterocycles. The van der Waals surface area contributed by atoms with Gasteiger partial charge in [-0.05, 0) is 37.5 Å². The van der Waals surface area contributed by atoms with Crippen molar-refractivity contribution in [3.05, 3.63) is 11.8 Å². The van der Waals surface area contributed by atoms with Crippen molar-refractivity contribution in [2.45, 2.75) is 43.9 Å². The summed E-state index contributed by atoms with van der Waals surface area (Å²) in [5, 5.41) is 12.3. The summed E-state index contributed by atoms with van der Waals surface area (Å²) in [7, 11) is 0. The Morgan fingerprint density at radius 2 is 2.14 bits per heavy atom. The van der Waals surface area contributed by atoms with Gasteiger partial charge < -0.3 is 15.4 Å². The number of nitrogens with zero attached hydrogens (tertiary/aromatic N) is 1. The van der Waals surface area contributed by atoms with E-state index in [0.29, 0.717) is 23.2 Å². The lowest BCUT2D eigenvalue weighted by molar-refractivity contribution is -0.121. The second-order valence-corrected chi connectivity index (χ2v) is 6.94. The van der Waals surface area contributed by atoms with Crippen LogP contribution in [-0.2, 0) is 9.53 Å². The van der Waals surface area contributed by atoms with Crippen molar-refractivity contribution in [2.75, 3.05) is 5.32 Å². The molecule has 0 unspecified atom stereocenters. The quantitative estimate of drug-likeness (QED) is 0.761. The van der Waals surface area contributed by atoms with Crippen LogP contribution in [0.25, 0.3) is 0 Å². The molecule has 4 fully saturated rings. The van der Waals surface area contributed by atoms with Crippen LogP contribution in [0.1, 0.15) is 36.0 Å². The molecule has 7 heteroatoms. The smallest absolute Gasteiger partial charge is 0.256 e. The second-order valence-electron chi connectivity index (χ2n) is 6.94. The van der Waals surface area contributed by atoms with Gasteiger partial charge in [-0.15, -0.1) is 0 Å². The van der Waals surface area contributed by atoms with Crippen molar-refractivity contribution in [2.24, 2.45) is 17.8 Å². The summed E-state index contributed by atoms with van der Waals surface area (Å²) in [5.74, 6) is 1.31. The molecular weight excluding hydrogens is 284 g/mol. The summed E-state index contributed by atoms with van der Waals surface area (Å²) in [6.07, 6.45) is 5.86. The fourth-order valence-corrected chi connectivity index (χ4v) is 3.97. The number of carbonyl (C=O) groups excluding carboxylic acids is 2. The number of nitrogens with one attached hydrogen (secondary N) is 3. The van der Waals surface area contributed by atoms with E-state index in [9.17, 15) is 9.59 Å². The fourth-order valence-electron chi connectivity index (χ4n) is 3.97. The Labute approximate surface area is 127 Å². The first-order valence-electron chi connectivity index (χ1n) is 8.01. The number of amides is 2. The lowest BCUT2D eigenvalue weighted by Crippen LogP contribution is -2.33. The third-order valence-corrected chi connectivity index (χ3v) is 5.39. The van der Waals surface area contributed by atoms with Gasteiger partial charge in [0.25, 0.3) is 5.91 Å². The highest BCUT2D eigenvalue weighted by molar-refractivity contribution is 6.03. The molecule has 5 rings (SSSR count). The van der Waals surface area contributed by atoms with Crippen LogP contribution in [0, 0.1) is 17.8 Å². The van der Waals surface area contributed by atoms with E-state index < -0.39 is 0 Å². The summed E-state index contributed by atoms with van der Waals surface area (Å²) < 4.78 is 5.86. The minimum absolute atomic E-state index is 0.0671. The number of rotatable bonds is 4. The summed E-state index contributed by atoms with van der Waals surface area (Å²) in [6.45, 7) is 0. The Morgan fingerprint density at radius 1 is 1.27 bits per heavy atom. The number of aromatic nitrogens is 2. The number of carbonyl (C=O) groups is 2. The highest BCUT2D eigenvalue weighted by Crippen LogP contribution is 2.60. The number of H-pyrrole nitrogens is 1. The Kier molecular flexibility index (Phi) is 2.48. The van der Waals surface area contributed by atoms with E-state index in [2.05, 4.69) is 20.8 Å². The van der Waals surface area contributed by atoms with Crippen molar-refractivity contribution in [1.82, 2.24) is 15.5 Å². The Balaban J connectivity index is 1.29. The van der Waals surface area contributed by atoms with Gasteiger partial charge in [0.15, 0.2) is 0 Å². The molecule has 2 saturated carbocycles. The van der Waals surface area contributed by atoms with E-state index in [0.717, 1.165) is 19.3 Å². The first-order valence-corrected chi connectivity index (χ1v) is 8.01. The van der Waals surface area contributed by atoms with Crippen LogP contribution in [0.5, 0.6) is 0 Å². The van der Waals surface area contributed by atoms with Crippen molar-refractivity contribution in [3.63, 3.8) is 0 Å². The van der Waals surface area contributed by atoms with Crippen LogP contribution < -0.4 is 10.6 Å². The van der Waals surface area contributed by atoms with Crippen LogP contribution in [-0.4, -0.2) is 40.3 Å². The topological polar surface area (TPSA) is 96.1 Å². The van der Waals surface area contributed by atoms with Gasteiger partial charge in [0, 0.05) is 6.04 Å². The summed E-state index contributed by atoms with van der Waals surface area (Å²) in [6, 6.07) is 0.275. The molecule has 3 heterocycles. The zero-order chi connectivity index (χ0) is 14.8. The molecule has 0 spiro atoms. The van der Waals surface area contributed by atoms with Crippen LogP contribution in [0.2, 0.25) is 0 Å². The average molecular weight is 302 g/mol. The lowest BCUT2D eigenvalue weighted by atomic mass is 9.88. The van der Waals surface area contributed by atoms with Gasteiger partial charge >= 0.3 is 0 Å². The molecule has 22 heavy (non-hydrogen) atoms. The molecule has 5 atom stereocenters. The molecule has 7 nitrogen and oxygen atoms in total. The first-order chi connectivity index (χ1) is 10.7. The predicted octanol–water partition coefficient (Wildman–Crippen LogP) is 0.664. The standard InChI is InChI=1S/C15H18N4O3/c20-14(9-4-11-7-3-8(7)12(9)22-11)18-13-10(5-16-19-13)15(21)17-6-1-2-6/h5-9,11-12H,1-4H2,(H,17,21)(H2,16,18,19,20)/t7-,8+,9-,11+,12+/m1/s1. The zero-order valence-electron chi connectivity index (χ0n) is 12.0. The van der Waals surface area contributed by atoms with Gasteiger partial charge in [0.05, 0.1) is 24.3 Å². The molecule has 3 N–H and O–H groups in total. The van der Waals surface area contributed by atoms with Crippen molar-refractivity contribution in [1.29, 1.82) is 0 Å². The number of aromatic amines is 1. The maximum atomic E-state index is 12.5.